The quantitative estimate of drug-likeness (QED) is 0.709. The van der Waals surface area contributed by atoms with E-state index < -0.39 is 0 Å². The molecule has 1 aliphatic carbocycles. The van der Waals surface area contributed by atoms with Crippen LogP contribution in [0.15, 0.2) is 10.9 Å². The Hall–Kier alpha value is -1.03. The van der Waals surface area contributed by atoms with E-state index in [9.17, 15) is 4.79 Å². The molecule has 0 aromatic carbocycles. The minimum absolute atomic E-state index is 0.00982. The maximum Gasteiger partial charge on any atom is 0.266 e. The van der Waals surface area contributed by atoms with Crippen molar-refractivity contribution in [2.45, 2.75) is 25.6 Å². The van der Waals surface area contributed by atoms with Crippen LogP contribution in [0.25, 0.3) is 0 Å². The van der Waals surface area contributed by atoms with Gasteiger partial charge in [-0.3, -0.25) is 14.6 Å². The lowest BCUT2D eigenvalue weighted by Gasteiger charge is -1.97. The molecule has 0 radical (unpaired) electrons. The molecular weight excluding hydrogens is 156 g/mol. The van der Waals surface area contributed by atoms with Gasteiger partial charge in [0.2, 0.25) is 0 Å². The van der Waals surface area contributed by atoms with E-state index in [0.717, 1.165) is 18.5 Å². The number of rotatable bonds is 3. The third-order valence-corrected chi connectivity index (χ3v) is 1.94. The highest BCUT2D eigenvalue weighted by atomic mass is 16.5. The summed E-state index contributed by atoms with van der Waals surface area (Å²) in [7, 11) is 1.70. The predicted molar refractivity (Wildman–Crippen MR) is 43.8 cm³/mol. The molecule has 2 rings (SSSR count). The van der Waals surface area contributed by atoms with E-state index in [1.807, 2.05) is 0 Å². The van der Waals surface area contributed by atoms with E-state index in [0.29, 0.717) is 12.7 Å². The average molecular weight is 168 g/mol. The van der Waals surface area contributed by atoms with E-state index in [1.165, 1.54) is 4.68 Å². The molecule has 0 atom stereocenters. The van der Waals surface area contributed by atoms with Crippen molar-refractivity contribution in [1.82, 2.24) is 9.78 Å². The summed E-state index contributed by atoms with van der Waals surface area (Å²) >= 11 is 0. The normalized spacial score (nSPS) is 16.8. The first-order chi connectivity index (χ1) is 5.75. The lowest BCUT2D eigenvalue weighted by molar-refractivity contribution is 0.103. The summed E-state index contributed by atoms with van der Waals surface area (Å²) in [5.41, 5.74) is 0.846. The fourth-order valence-electron chi connectivity index (χ4n) is 1.06. The van der Waals surface area contributed by atoms with Gasteiger partial charge in [0.05, 0.1) is 18.4 Å². The Bertz CT molecular complexity index is 322. The summed E-state index contributed by atoms with van der Waals surface area (Å²) < 4.78 is 6.87. The highest BCUT2D eigenvalue weighted by Crippen LogP contribution is 2.24. The molecule has 0 bridgehead atoms. The molecule has 0 saturated heterocycles. The van der Waals surface area contributed by atoms with Gasteiger partial charge < -0.3 is 4.74 Å². The Morgan fingerprint density at radius 2 is 2.50 bits per heavy atom. The van der Waals surface area contributed by atoms with Gasteiger partial charge in [0.15, 0.2) is 0 Å². The van der Waals surface area contributed by atoms with Crippen molar-refractivity contribution in [3.8, 4) is 0 Å². The number of aryl methyl sites for hydroxylation is 1. The zero-order valence-corrected chi connectivity index (χ0v) is 7.04. The Labute approximate surface area is 70.1 Å². The van der Waals surface area contributed by atoms with Crippen LogP contribution in [0.2, 0.25) is 0 Å². The minimum Gasteiger partial charge on any atom is -0.372 e. The highest BCUT2D eigenvalue weighted by molar-refractivity contribution is 4.97. The van der Waals surface area contributed by atoms with Gasteiger partial charge in [0.1, 0.15) is 0 Å². The number of aromatic amines is 1. The van der Waals surface area contributed by atoms with Crippen LogP contribution >= 0.6 is 0 Å². The van der Waals surface area contributed by atoms with Gasteiger partial charge in [-0.1, -0.05) is 0 Å². The van der Waals surface area contributed by atoms with E-state index in [-0.39, 0.29) is 5.56 Å². The minimum atomic E-state index is -0.00982. The van der Waals surface area contributed by atoms with Crippen LogP contribution < -0.4 is 5.56 Å². The number of nitrogens with one attached hydrogen (secondary N) is 1. The van der Waals surface area contributed by atoms with Crippen molar-refractivity contribution in [2.24, 2.45) is 7.05 Å². The molecule has 1 saturated carbocycles. The Morgan fingerprint density at radius 1 is 1.75 bits per heavy atom. The van der Waals surface area contributed by atoms with Crippen molar-refractivity contribution in [1.29, 1.82) is 0 Å². The SMILES string of the molecule is Cn1[nH]c(COC2CC2)cc1=O. The monoisotopic (exact) mass is 168 g/mol. The van der Waals surface area contributed by atoms with Crippen LogP contribution in [0, 0.1) is 0 Å². The topological polar surface area (TPSA) is 47.0 Å². The van der Waals surface area contributed by atoms with Crippen LogP contribution in [0.5, 0.6) is 0 Å². The maximum atomic E-state index is 11.0. The average Bonchev–Trinajstić information content (AvgIpc) is 2.78. The lowest BCUT2D eigenvalue weighted by Crippen LogP contribution is -2.09. The standard InChI is InChI=1S/C8H12N2O2/c1-10-8(11)4-6(9-10)5-12-7-2-3-7/h4,7,9H,2-3,5H2,1H3. The number of hydrogen-bond donors (Lipinski definition) is 1. The lowest BCUT2D eigenvalue weighted by atomic mass is 10.5. The van der Waals surface area contributed by atoms with Crippen LogP contribution in [0.3, 0.4) is 0 Å². The fraction of sp³-hybridized carbons (Fsp3) is 0.625. The Balaban J connectivity index is 1.97. The Kier molecular flexibility index (Phi) is 1.77. The van der Waals surface area contributed by atoms with Crippen LogP contribution in [0.4, 0.5) is 0 Å². The fourth-order valence-corrected chi connectivity index (χ4v) is 1.06. The molecule has 1 heterocycles. The highest BCUT2D eigenvalue weighted by Gasteiger charge is 2.22. The van der Waals surface area contributed by atoms with Crippen molar-refractivity contribution in [2.75, 3.05) is 0 Å². The molecule has 12 heavy (non-hydrogen) atoms. The predicted octanol–water partition coefficient (Wildman–Crippen LogP) is 0.392. The van der Waals surface area contributed by atoms with Gasteiger partial charge in [0.25, 0.3) is 5.56 Å². The summed E-state index contributed by atoms with van der Waals surface area (Å²) in [5.74, 6) is 0. The van der Waals surface area contributed by atoms with Gasteiger partial charge in [0, 0.05) is 13.1 Å². The first-order valence-corrected chi connectivity index (χ1v) is 4.12. The largest absolute Gasteiger partial charge is 0.372 e. The zero-order valence-electron chi connectivity index (χ0n) is 7.04. The van der Waals surface area contributed by atoms with Gasteiger partial charge in [-0.15, -0.1) is 0 Å². The molecule has 4 nitrogen and oxygen atoms in total. The molecular formula is C8H12N2O2. The molecule has 1 N–H and O–H groups in total. The molecule has 66 valence electrons. The van der Waals surface area contributed by atoms with Gasteiger partial charge in [-0.05, 0) is 12.8 Å². The number of aromatic nitrogens is 2. The second kappa shape index (κ2) is 2.79. The number of ether oxygens (including phenoxy) is 1. The summed E-state index contributed by atoms with van der Waals surface area (Å²) in [6, 6.07) is 1.57. The molecule has 1 aromatic heterocycles. The molecule has 0 amide bonds. The van der Waals surface area contributed by atoms with E-state index in [2.05, 4.69) is 5.10 Å². The van der Waals surface area contributed by atoms with E-state index >= 15 is 0 Å². The van der Waals surface area contributed by atoms with Crippen LogP contribution in [-0.4, -0.2) is 15.9 Å². The molecule has 0 unspecified atom stereocenters. The summed E-state index contributed by atoms with van der Waals surface area (Å²) in [4.78, 5) is 11.0. The first-order valence-electron chi connectivity index (χ1n) is 4.12. The zero-order chi connectivity index (χ0) is 8.55. The van der Waals surface area contributed by atoms with E-state index in [1.54, 1.807) is 13.1 Å². The van der Waals surface area contributed by atoms with Crippen molar-refractivity contribution in [3.05, 3.63) is 22.1 Å². The molecule has 1 aliphatic rings. The van der Waals surface area contributed by atoms with Crippen LogP contribution in [-0.2, 0) is 18.4 Å². The first kappa shape index (κ1) is 7.61. The third-order valence-electron chi connectivity index (χ3n) is 1.94. The smallest absolute Gasteiger partial charge is 0.266 e. The molecule has 4 heteroatoms. The number of nitrogens with zero attached hydrogens (tertiary/aromatic N) is 1. The number of hydrogen-bond acceptors (Lipinski definition) is 2. The molecule has 1 aromatic rings. The Morgan fingerprint density at radius 3 is 3.00 bits per heavy atom. The molecule has 1 fully saturated rings. The molecule has 0 spiro atoms. The van der Waals surface area contributed by atoms with E-state index in [4.69, 9.17) is 4.74 Å². The second-order valence-corrected chi connectivity index (χ2v) is 3.19. The van der Waals surface area contributed by atoms with Crippen molar-refractivity contribution < 1.29 is 4.74 Å². The van der Waals surface area contributed by atoms with Gasteiger partial charge in [-0.2, -0.15) is 0 Å². The third kappa shape index (κ3) is 1.58. The number of H-pyrrole nitrogens is 1. The van der Waals surface area contributed by atoms with Gasteiger partial charge in [-0.25, -0.2) is 0 Å². The van der Waals surface area contributed by atoms with Gasteiger partial charge >= 0.3 is 0 Å². The van der Waals surface area contributed by atoms with Crippen molar-refractivity contribution >= 4 is 0 Å². The second-order valence-electron chi connectivity index (χ2n) is 3.19. The maximum absolute atomic E-state index is 11.0. The van der Waals surface area contributed by atoms with Crippen LogP contribution in [0.1, 0.15) is 18.5 Å². The summed E-state index contributed by atoms with van der Waals surface area (Å²) in [5, 5.41) is 2.91. The summed E-state index contributed by atoms with van der Waals surface area (Å²) in [6.45, 7) is 0.529. The van der Waals surface area contributed by atoms with Crippen molar-refractivity contribution in [3.63, 3.8) is 0 Å². The molecule has 0 aliphatic heterocycles. The summed E-state index contributed by atoms with van der Waals surface area (Å²) in [6.07, 6.45) is 2.77.